The van der Waals surface area contributed by atoms with Crippen molar-refractivity contribution in [2.45, 2.75) is 25.6 Å². The van der Waals surface area contributed by atoms with Gasteiger partial charge in [-0.3, -0.25) is 9.59 Å². The molecule has 0 spiro atoms. The molecule has 0 radical (unpaired) electrons. The highest BCUT2D eigenvalue weighted by Crippen LogP contribution is 2.31. The van der Waals surface area contributed by atoms with Crippen molar-refractivity contribution in [3.63, 3.8) is 0 Å². The molecule has 19 heavy (non-hydrogen) atoms. The van der Waals surface area contributed by atoms with Gasteiger partial charge in [0.05, 0.1) is 12.0 Å². The highest BCUT2D eigenvalue weighted by Gasteiger charge is 2.32. The molecule has 0 saturated heterocycles. The van der Waals surface area contributed by atoms with Crippen LogP contribution in [0.4, 0.5) is 13.2 Å². The molecule has 0 unspecified atom stereocenters. The van der Waals surface area contributed by atoms with Crippen LogP contribution in [0.1, 0.15) is 24.0 Å². The normalized spacial score (nSPS) is 11.1. The maximum atomic E-state index is 12.6. The third kappa shape index (κ3) is 4.99. The van der Waals surface area contributed by atoms with Gasteiger partial charge in [-0.2, -0.15) is 13.2 Å². The molecule has 1 rings (SSSR count). The monoisotopic (exact) mass is 275 g/mol. The van der Waals surface area contributed by atoms with Crippen LogP contribution in [0.5, 0.6) is 0 Å². The van der Waals surface area contributed by atoms with Crippen molar-refractivity contribution in [1.82, 2.24) is 5.32 Å². The summed E-state index contributed by atoms with van der Waals surface area (Å²) in [6, 6.07) is 4.89. The lowest BCUT2D eigenvalue weighted by Crippen LogP contribution is -2.24. The average Bonchev–Trinajstić information content (AvgIpc) is 2.33. The van der Waals surface area contributed by atoms with Gasteiger partial charge in [-0.1, -0.05) is 18.2 Å². The van der Waals surface area contributed by atoms with E-state index in [4.69, 9.17) is 5.11 Å². The topological polar surface area (TPSA) is 66.4 Å². The van der Waals surface area contributed by atoms with E-state index in [1.165, 1.54) is 18.2 Å². The summed E-state index contributed by atoms with van der Waals surface area (Å²) in [4.78, 5) is 21.5. The Hall–Kier alpha value is -2.05. The second-order valence-corrected chi connectivity index (χ2v) is 3.83. The summed E-state index contributed by atoms with van der Waals surface area (Å²) >= 11 is 0. The number of aliphatic carboxylic acids is 1. The zero-order chi connectivity index (χ0) is 14.5. The van der Waals surface area contributed by atoms with E-state index >= 15 is 0 Å². The van der Waals surface area contributed by atoms with Gasteiger partial charge < -0.3 is 10.4 Å². The van der Waals surface area contributed by atoms with Crippen molar-refractivity contribution in [2.75, 3.05) is 0 Å². The van der Waals surface area contributed by atoms with Crippen LogP contribution in [-0.2, 0) is 22.3 Å². The Morgan fingerprint density at radius 1 is 1.16 bits per heavy atom. The van der Waals surface area contributed by atoms with E-state index in [-0.39, 0.29) is 24.9 Å². The number of hydrogen-bond donors (Lipinski definition) is 2. The van der Waals surface area contributed by atoms with E-state index in [9.17, 15) is 22.8 Å². The number of carboxylic acids is 1. The minimum atomic E-state index is -4.48. The van der Waals surface area contributed by atoms with Crippen molar-refractivity contribution in [3.05, 3.63) is 35.4 Å². The van der Waals surface area contributed by atoms with Gasteiger partial charge >= 0.3 is 12.1 Å². The maximum Gasteiger partial charge on any atom is 0.416 e. The number of carbonyl (C=O) groups excluding carboxylic acids is 1. The fourth-order valence-corrected chi connectivity index (χ4v) is 1.45. The first-order chi connectivity index (χ1) is 8.80. The first-order valence-corrected chi connectivity index (χ1v) is 5.44. The molecule has 0 aliphatic heterocycles. The van der Waals surface area contributed by atoms with Gasteiger partial charge in [0.1, 0.15) is 0 Å². The van der Waals surface area contributed by atoms with Gasteiger partial charge in [-0.15, -0.1) is 0 Å². The van der Waals surface area contributed by atoms with Crippen LogP contribution >= 0.6 is 0 Å². The van der Waals surface area contributed by atoms with E-state index in [1.54, 1.807) is 0 Å². The molecular weight excluding hydrogens is 263 g/mol. The highest BCUT2D eigenvalue weighted by atomic mass is 19.4. The van der Waals surface area contributed by atoms with Crippen molar-refractivity contribution in [1.29, 1.82) is 0 Å². The second kappa shape index (κ2) is 6.21. The number of nitrogens with one attached hydrogen (secondary N) is 1. The van der Waals surface area contributed by atoms with E-state index in [0.29, 0.717) is 0 Å². The van der Waals surface area contributed by atoms with Gasteiger partial charge in [0, 0.05) is 13.0 Å². The lowest BCUT2D eigenvalue weighted by Gasteiger charge is -2.13. The summed E-state index contributed by atoms with van der Waals surface area (Å²) in [5.41, 5.74) is -0.868. The van der Waals surface area contributed by atoms with Gasteiger partial charge in [-0.25, -0.2) is 0 Å². The zero-order valence-electron chi connectivity index (χ0n) is 9.83. The molecular formula is C12H12F3NO3. The van der Waals surface area contributed by atoms with E-state index in [2.05, 4.69) is 5.32 Å². The number of carbonyl (C=O) groups is 2. The van der Waals surface area contributed by atoms with Gasteiger partial charge in [0.2, 0.25) is 5.91 Å². The van der Waals surface area contributed by atoms with Crippen LogP contribution < -0.4 is 5.32 Å². The summed E-state index contributed by atoms with van der Waals surface area (Å²) < 4.78 is 37.9. The molecule has 0 saturated carbocycles. The molecule has 4 nitrogen and oxygen atoms in total. The van der Waals surface area contributed by atoms with Gasteiger partial charge in [-0.05, 0) is 11.6 Å². The van der Waals surface area contributed by atoms with Gasteiger partial charge in [0.15, 0.2) is 0 Å². The van der Waals surface area contributed by atoms with E-state index < -0.39 is 23.6 Å². The molecule has 0 aromatic heterocycles. The Bertz CT molecular complexity index is 472. The lowest BCUT2D eigenvalue weighted by molar-refractivity contribution is -0.138. The number of benzene rings is 1. The minimum absolute atomic E-state index is 0.0568. The largest absolute Gasteiger partial charge is 0.481 e. The van der Waals surface area contributed by atoms with Crippen LogP contribution in [0.25, 0.3) is 0 Å². The zero-order valence-corrected chi connectivity index (χ0v) is 9.83. The van der Waals surface area contributed by atoms with Crippen molar-refractivity contribution < 1.29 is 27.9 Å². The SMILES string of the molecule is O=C(O)CCC(=O)NCc1ccccc1C(F)(F)F. The maximum absolute atomic E-state index is 12.6. The number of hydrogen-bond acceptors (Lipinski definition) is 2. The molecule has 0 aliphatic carbocycles. The third-order valence-corrected chi connectivity index (χ3v) is 2.36. The summed E-state index contributed by atoms with van der Waals surface area (Å²) in [7, 11) is 0. The molecule has 0 aliphatic rings. The lowest BCUT2D eigenvalue weighted by atomic mass is 10.1. The summed E-state index contributed by atoms with van der Waals surface area (Å²) in [5, 5.41) is 10.6. The number of alkyl halides is 3. The molecule has 1 aromatic rings. The van der Waals surface area contributed by atoms with Crippen molar-refractivity contribution in [3.8, 4) is 0 Å². The first-order valence-electron chi connectivity index (χ1n) is 5.44. The minimum Gasteiger partial charge on any atom is -0.481 e. The Balaban J connectivity index is 2.63. The Labute approximate surface area is 107 Å². The highest BCUT2D eigenvalue weighted by molar-refractivity contribution is 5.80. The summed E-state index contributed by atoms with van der Waals surface area (Å²) in [6.07, 6.45) is -5.10. The van der Waals surface area contributed by atoms with Crippen LogP contribution in [-0.4, -0.2) is 17.0 Å². The fourth-order valence-electron chi connectivity index (χ4n) is 1.45. The molecule has 1 amide bonds. The summed E-state index contributed by atoms with van der Waals surface area (Å²) in [6.45, 7) is -0.284. The quantitative estimate of drug-likeness (QED) is 0.865. The van der Waals surface area contributed by atoms with Crippen molar-refractivity contribution >= 4 is 11.9 Å². The molecule has 104 valence electrons. The van der Waals surface area contributed by atoms with Crippen LogP contribution in [0.3, 0.4) is 0 Å². The molecule has 1 aromatic carbocycles. The predicted octanol–water partition coefficient (Wildman–Crippen LogP) is 2.19. The van der Waals surface area contributed by atoms with Gasteiger partial charge in [0.25, 0.3) is 0 Å². The average molecular weight is 275 g/mol. The number of carboxylic acid groups (broad SMARTS) is 1. The molecule has 2 N–H and O–H groups in total. The number of amides is 1. The predicted molar refractivity (Wildman–Crippen MR) is 60.2 cm³/mol. The fraction of sp³-hybridized carbons (Fsp3) is 0.333. The first kappa shape index (κ1) is 15.0. The Kier molecular flexibility index (Phi) is 4.91. The van der Waals surface area contributed by atoms with Crippen LogP contribution in [0.15, 0.2) is 24.3 Å². The molecule has 0 fully saturated rings. The van der Waals surface area contributed by atoms with E-state index in [1.807, 2.05) is 0 Å². The third-order valence-electron chi connectivity index (χ3n) is 2.36. The second-order valence-electron chi connectivity index (χ2n) is 3.83. The molecule has 7 heteroatoms. The van der Waals surface area contributed by atoms with E-state index in [0.717, 1.165) is 6.07 Å². The standard InChI is InChI=1S/C12H12F3NO3/c13-12(14,15)9-4-2-1-3-8(9)7-16-10(17)5-6-11(18)19/h1-4H,5-7H2,(H,16,17)(H,18,19). The smallest absolute Gasteiger partial charge is 0.416 e. The Morgan fingerprint density at radius 3 is 2.37 bits per heavy atom. The van der Waals surface area contributed by atoms with Crippen molar-refractivity contribution in [2.24, 2.45) is 0 Å². The summed E-state index contributed by atoms with van der Waals surface area (Å²) in [5.74, 6) is -1.73. The van der Waals surface area contributed by atoms with Crippen LogP contribution in [0, 0.1) is 0 Å². The number of rotatable bonds is 5. The number of halogens is 3. The molecule has 0 atom stereocenters. The van der Waals surface area contributed by atoms with Crippen LogP contribution in [0.2, 0.25) is 0 Å². The Morgan fingerprint density at radius 2 is 1.79 bits per heavy atom. The molecule has 0 heterocycles. The molecule has 0 bridgehead atoms.